The summed E-state index contributed by atoms with van der Waals surface area (Å²) in [6.07, 6.45) is 1.35. The third-order valence-electron chi connectivity index (χ3n) is 2.60. The van der Waals surface area contributed by atoms with E-state index in [0.717, 1.165) is 5.69 Å². The topological polar surface area (TPSA) is 65.2 Å². The van der Waals surface area contributed by atoms with Crippen molar-refractivity contribution < 1.29 is 9.53 Å². The van der Waals surface area contributed by atoms with Crippen molar-refractivity contribution >= 4 is 17.6 Å². The minimum atomic E-state index is -0.621. The number of carbonyl (C=O) groups excluding carboxylic acids is 1. The predicted octanol–water partition coefficient (Wildman–Crippen LogP) is 2.12. The van der Waals surface area contributed by atoms with Gasteiger partial charge in [0.05, 0.1) is 10.7 Å². The maximum Gasteiger partial charge on any atom is 0.322 e. The molecule has 0 saturated heterocycles. The van der Waals surface area contributed by atoms with E-state index < -0.39 is 12.0 Å². The van der Waals surface area contributed by atoms with Crippen molar-refractivity contribution in [1.82, 2.24) is 4.98 Å². The van der Waals surface area contributed by atoms with Crippen LogP contribution in [0.15, 0.2) is 18.3 Å². The molecule has 0 fully saturated rings. The fraction of sp³-hybridized carbons (Fsp3) is 0.500. The van der Waals surface area contributed by atoms with Gasteiger partial charge in [0.15, 0.2) is 0 Å². The molecule has 4 nitrogen and oxygen atoms in total. The van der Waals surface area contributed by atoms with Crippen molar-refractivity contribution in [2.24, 2.45) is 5.73 Å². The predicted molar refractivity (Wildman–Crippen MR) is 66.9 cm³/mol. The Bertz CT molecular complexity index is 396. The number of hydrogen-bond acceptors (Lipinski definition) is 4. The third-order valence-corrected chi connectivity index (χ3v) is 2.92. The average molecular weight is 257 g/mol. The monoisotopic (exact) mass is 256 g/mol. The van der Waals surface area contributed by atoms with Gasteiger partial charge in [-0.1, -0.05) is 18.5 Å². The molecule has 0 aliphatic heterocycles. The van der Waals surface area contributed by atoms with E-state index in [2.05, 4.69) is 4.98 Å². The fourth-order valence-corrected chi connectivity index (χ4v) is 1.64. The first kappa shape index (κ1) is 13.9. The quantitative estimate of drug-likeness (QED) is 0.838. The zero-order chi connectivity index (χ0) is 13.0. The Balaban J connectivity index is 2.73. The van der Waals surface area contributed by atoms with Crippen LogP contribution in [0.2, 0.25) is 5.02 Å². The van der Waals surface area contributed by atoms with Crippen molar-refractivity contribution in [3.8, 4) is 0 Å². The maximum atomic E-state index is 11.4. The summed E-state index contributed by atoms with van der Waals surface area (Å²) in [7, 11) is 0. The molecule has 0 bridgehead atoms. The van der Waals surface area contributed by atoms with Gasteiger partial charge in [-0.25, -0.2) is 0 Å². The van der Waals surface area contributed by atoms with Crippen molar-refractivity contribution in [2.75, 3.05) is 0 Å². The van der Waals surface area contributed by atoms with Crippen LogP contribution in [0.25, 0.3) is 0 Å². The standard InChI is InChI=1S/C12H17ClN2O2/c1-7(9(3)17-12(16)8(2)14)11-10(13)5-4-6-15-11/h4-9H,14H2,1-3H3/t7-,8+,9+/m1/s1. The molecule has 1 heterocycles. The van der Waals surface area contributed by atoms with E-state index in [9.17, 15) is 4.79 Å². The zero-order valence-corrected chi connectivity index (χ0v) is 10.9. The number of carbonyl (C=O) groups is 1. The summed E-state index contributed by atoms with van der Waals surface area (Å²) < 4.78 is 5.22. The van der Waals surface area contributed by atoms with Gasteiger partial charge in [-0.3, -0.25) is 9.78 Å². The number of pyridine rings is 1. The second-order valence-corrected chi connectivity index (χ2v) is 4.50. The summed E-state index contributed by atoms with van der Waals surface area (Å²) in [4.78, 5) is 15.6. The molecule has 3 atom stereocenters. The lowest BCUT2D eigenvalue weighted by molar-refractivity contribution is -0.150. The summed E-state index contributed by atoms with van der Waals surface area (Å²) in [5, 5.41) is 0.573. The Morgan fingerprint density at radius 3 is 2.65 bits per heavy atom. The molecule has 0 saturated carbocycles. The van der Waals surface area contributed by atoms with Crippen molar-refractivity contribution in [2.45, 2.75) is 38.8 Å². The summed E-state index contributed by atoms with van der Waals surface area (Å²) in [6, 6.07) is 2.90. The summed E-state index contributed by atoms with van der Waals surface area (Å²) in [6.45, 7) is 5.30. The Hall–Kier alpha value is -1.13. The number of aromatic nitrogens is 1. The molecule has 0 aliphatic rings. The Labute approximate surface area is 106 Å². The van der Waals surface area contributed by atoms with Crippen molar-refractivity contribution in [3.05, 3.63) is 29.0 Å². The molecule has 1 aromatic heterocycles. The largest absolute Gasteiger partial charge is 0.461 e. The smallest absolute Gasteiger partial charge is 0.322 e. The first-order valence-corrected chi connectivity index (χ1v) is 5.87. The number of nitrogens with two attached hydrogens (primary N) is 1. The van der Waals surface area contributed by atoms with Crippen LogP contribution in [-0.4, -0.2) is 23.1 Å². The molecule has 17 heavy (non-hydrogen) atoms. The van der Waals surface area contributed by atoms with Gasteiger partial charge in [-0.2, -0.15) is 0 Å². The first-order valence-electron chi connectivity index (χ1n) is 5.50. The lowest BCUT2D eigenvalue weighted by atomic mass is 10.0. The van der Waals surface area contributed by atoms with Crippen LogP contribution in [0.3, 0.4) is 0 Å². The molecule has 5 heteroatoms. The Kier molecular flexibility index (Phi) is 4.90. The van der Waals surface area contributed by atoms with Crippen molar-refractivity contribution in [3.63, 3.8) is 0 Å². The maximum absolute atomic E-state index is 11.4. The number of halogens is 1. The molecule has 0 radical (unpaired) electrons. The lowest BCUT2D eigenvalue weighted by Crippen LogP contribution is -2.33. The van der Waals surface area contributed by atoms with Gasteiger partial charge in [-0.15, -0.1) is 0 Å². The summed E-state index contributed by atoms with van der Waals surface area (Å²) in [5.41, 5.74) is 6.16. The number of rotatable bonds is 4. The molecular formula is C12H17ClN2O2. The molecule has 1 rings (SSSR count). The van der Waals surface area contributed by atoms with Gasteiger partial charge in [0.25, 0.3) is 0 Å². The van der Waals surface area contributed by atoms with Crippen LogP contribution in [0, 0.1) is 0 Å². The lowest BCUT2D eigenvalue weighted by Gasteiger charge is -2.21. The highest BCUT2D eigenvalue weighted by Crippen LogP contribution is 2.25. The summed E-state index contributed by atoms with van der Waals surface area (Å²) >= 11 is 6.03. The van der Waals surface area contributed by atoms with E-state index in [0.29, 0.717) is 5.02 Å². The highest BCUT2D eigenvalue weighted by molar-refractivity contribution is 6.31. The minimum absolute atomic E-state index is 0.0774. The Morgan fingerprint density at radius 2 is 2.12 bits per heavy atom. The molecule has 0 aromatic carbocycles. The van der Waals surface area contributed by atoms with Crippen LogP contribution >= 0.6 is 11.6 Å². The Morgan fingerprint density at radius 1 is 1.47 bits per heavy atom. The van der Waals surface area contributed by atoms with Gasteiger partial charge in [0, 0.05) is 12.1 Å². The van der Waals surface area contributed by atoms with Gasteiger partial charge < -0.3 is 10.5 Å². The zero-order valence-electron chi connectivity index (χ0n) is 10.2. The minimum Gasteiger partial charge on any atom is -0.461 e. The number of nitrogens with zero attached hydrogens (tertiary/aromatic N) is 1. The van der Waals surface area contributed by atoms with Crippen LogP contribution < -0.4 is 5.73 Å². The SMILES string of the molecule is C[C@H](N)C(=O)O[C@@H](C)[C@@H](C)c1ncccc1Cl. The summed E-state index contributed by atoms with van der Waals surface area (Å²) in [5.74, 6) is -0.497. The van der Waals surface area contributed by atoms with Crippen LogP contribution in [0.5, 0.6) is 0 Å². The van der Waals surface area contributed by atoms with Gasteiger partial charge >= 0.3 is 5.97 Å². The molecule has 94 valence electrons. The second kappa shape index (κ2) is 5.98. The van der Waals surface area contributed by atoms with E-state index in [4.69, 9.17) is 22.1 Å². The van der Waals surface area contributed by atoms with Crippen LogP contribution in [0.4, 0.5) is 0 Å². The van der Waals surface area contributed by atoms with E-state index in [1.165, 1.54) is 0 Å². The van der Waals surface area contributed by atoms with Gasteiger partial charge in [0.1, 0.15) is 12.1 Å². The van der Waals surface area contributed by atoms with Crippen LogP contribution in [0.1, 0.15) is 32.4 Å². The number of hydrogen-bond donors (Lipinski definition) is 1. The van der Waals surface area contributed by atoms with E-state index in [1.807, 2.05) is 6.92 Å². The molecule has 0 spiro atoms. The molecule has 0 amide bonds. The molecule has 1 aromatic rings. The second-order valence-electron chi connectivity index (χ2n) is 4.09. The van der Waals surface area contributed by atoms with E-state index in [-0.39, 0.29) is 12.0 Å². The highest BCUT2D eigenvalue weighted by atomic mass is 35.5. The van der Waals surface area contributed by atoms with Gasteiger partial charge in [-0.05, 0) is 26.0 Å². The number of esters is 1. The average Bonchev–Trinajstić information content (AvgIpc) is 2.28. The van der Waals surface area contributed by atoms with Crippen LogP contribution in [-0.2, 0) is 9.53 Å². The van der Waals surface area contributed by atoms with Crippen molar-refractivity contribution in [1.29, 1.82) is 0 Å². The normalized spacial score (nSPS) is 16.1. The number of ether oxygens (including phenoxy) is 1. The first-order chi connectivity index (χ1) is 7.93. The van der Waals surface area contributed by atoms with E-state index >= 15 is 0 Å². The van der Waals surface area contributed by atoms with Gasteiger partial charge in [0.2, 0.25) is 0 Å². The molecular weight excluding hydrogens is 240 g/mol. The molecule has 0 unspecified atom stereocenters. The molecule has 0 aliphatic carbocycles. The van der Waals surface area contributed by atoms with E-state index in [1.54, 1.807) is 32.2 Å². The fourth-order valence-electron chi connectivity index (χ4n) is 1.35. The highest BCUT2D eigenvalue weighted by Gasteiger charge is 2.22. The third kappa shape index (κ3) is 3.68. The molecule has 2 N–H and O–H groups in total.